The zero-order valence-corrected chi connectivity index (χ0v) is 9.97. The lowest BCUT2D eigenvalue weighted by atomic mass is 10.2. The molecule has 4 nitrogen and oxygen atoms in total. The second kappa shape index (κ2) is 6.09. The largest absolute Gasteiger partial charge is 0.383 e. The van der Waals surface area contributed by atoms with Gasteiger partial charge in [0.2, 0.25) is 0 Å². The van der Waals surface area contributed by atoms with Crippen LogP contribution in [0.5, 0.6) is 0 Å². The minimum absolute atomic E-state index is 0.330. The average molecular weight is 219 g/mol. The maximum atomic E-state index is 8.84. The molecule has 1 aromatic rings. The Kier molecular flexibility index (Phi) is 4.74. The first-order valence-electron chi connectivity index (χ1n) is 5.30. The number of nitrogens with zero attached hydrogens (tertiary/aromatic N) is 3. The zero-order chi connectivity index (χ0) is 12.0. The van der Waals surface area contributed by atoms with Gasteiger partial charge < -0.3 is 9.64 Å². The fourth-order valence-corrected chi connectivity index (χ4v) is 1.47. The van der Waals surface area contributed by atoms with E-state index in [9.17, 15) is 0 Å². The van der Waals surface area contributed by atoms with Gasteiger partial charge in [-0.25, -0.2) is 4.98 Å². The minimum atomic E-state index is 0.330. The summed E-state index contributed by atoms with van der Waals surface area (Å²) in [4.78, 5) is 6.40. The predicted octanol–water partition coefficient (Wildman–Crippen LogP) is 1.81. The Balaban J connectivity index is 2.88. The van der Waals surface area contributed by atoms with Crippen molar-refractivity contribution in [1.82, 2.24) is 4.98 Å². The highest BCUT2D eigenvalue weighted by atomic mass is 16.5. The van der Waals surface area contributed by atoms with Crippen molar-refractivity contribution in [2.24, 2.45) is 0 Å². The average Bonchev–Trinajstić information content (AvgIpc) is 2.29. The topological polar surface area (TPSA) is 49.1 Å². The van der Waals surface area contributed by atoms with Crippen molar-refractivity contribution < 1.29 is 4.74 Å². The number of pyridine rings is 1. The van der Waals surface area contributed by atoms with Crippen molar-refractivity contribution >= 4 is 5.82 Å². The molecule has 86 valence electrons. The zero-order valence-electron chi connectivity index (χ0n) is 9.97. The van der Waals surface area contributed by atoms with Crippen LogP contribution in [0, 0.1) is 11.3 Å². The third kappa shape index (κ3) is 3.21. The molecule has 16 heavy (non-hydrogen) atoms. The van der Waals surface area contributed by atoms with Crippen LogP contribution in [0.25, 0.3) is 0 Å². The molecule has 0 saturated heterocycles. The summed E-state index contributed by atoms with van der Waals surface area (Å²) in [6.07, 6.45) is 1.66. The SMILES string of the molecule is COCCN(c1cc(C#N)ccn1)C(C)C. The van der Waals surface area contributed by atoms with Crippen molar-refractivity contribution in [3.63, 3.8) is 0 Å². The standard InChI is InChI=1S/C12H17N3O/c1-10(2)15(6-7-16-3)12-8-11(9-13)4-5-14-12/h4-5,8,10H,6-7H2,1-3H3. The van der Waals surface area contributed by atoms with Gasteiger partial charge in [-0.2, -0.15) is 5.26 Å². The maximum Gasteiger partial charge on any atom is 0.130 e. The number of hydrogen-bond acceptors (Lipinski definition) is 4. The van der Waals surface area contributed by atoms with Gasteiger partial charge in [-0.3, -0.25) is 0 Å². The number of anilines is 1. The van der Waals surface area contributed by atoms with Gasteiger partial charge in [-0.1, -0.05) is 0 Å². The van der Waals surface area contributed by atoms with Crippen molar-refractivity contribution in [3.8, 4) is 6.07 Å². The van der Waals surface area contributed by atoms with E-state index < -0.39 is 0 Å². The van der Waals surface area contributed by atoms with Crippen LogP contribution in [-0.2, 0) is 4.74 Å². The van der Waals surface area contributed by atoms with Crippen LogP contribution in [0.3, 0.4) is 0 Å². The lowest BCUT2D eigenvalue weighted by Gasteiger charge is -2.27. The number of nitriles is 1. The molecule has 1 aromatic heterocycles. The van der Waals surface area contributed by atoms with Gasteiger partial charge in [0.15, 0.2) is 0 Å². The summed E-state index contributed by atoms with van der Waals surface area (Å²) >= 11 is 0. The van der Waals surface area contributed by atoms with Gasteiger partial charge in [0.1, 0.15) is 5.82 Å². The monoisotopic (exact) mass is 219 g/mol. The van der Waals surface area contributed by atoms with Crippen molar-refractivity contribution in [1.29, 1.82) is 5.26 Å². The van der Waals surface area contributed by atoms with E-state index in [1.807, 2.05) is 0 Å². The molecular formula is C12H17N3O. The molecule has 0 saturated carbocycles. The minimum Gasteiger partial charge on any atom is -0.383 e. The molecule has 0 unspecified atom stereocenters. The Hall–Kier alpha value is -1.60. The Morgan fingerprint density at radius 2 is 2.31 bits per heavy atom. The first kappa shape index (κ1) is 12.5. The smallest absolute Gasteiger partial charge is 0.130 e. The predicted molar refractivity (Wildman–Crippen MR) is 63.3 cm³/mol. The Morgan fingerprint density at radius 3 is 2.88 bits per heavy atom. The number of aromatic nitrogens is 1. The molecule has 0 fully saturated rings. The first-order valence-corrected chi connectivity index (χ1v) is 5.30. The molecule has 0 aromatic carbocycles. The fraction of sp³-hybridized carbons (Fsp3) is 0.500. The van der Waals surface area contributed by atoms with E-state index in [1.54, 1.807) is 25.4 Å². The van der Waals surface area contributed by atoms with Crippen LogP contribution < -0.4 is 4.90 Å². The highest BCUT2D eigenvalue weighted by Gasteiger charge is 2.11. The van der Waals surface area contributed by atoms with Crippen LogP contribution >= 0.6 is 0 Å². The first-order chi connectivity index (χ1) is 7.69. The van der Waals surface area contributed by atoms with Gasteiger partial charge >= 0.3 is 0 Å². The highest BCUT2D eigenvalue weighted by molar-refractivity contribution is 5.45. The third-order valence-electron chi connectivity index (χ3n) is 2.33. The molecule has 0 spiro atoms. The van der Waals surface area contributed by atoms with Crippen LogP contribution in [0.4, 0.5) is 5.82 Å². The lowest BCUT2D eigenvalue weighted by molar-refractivity contribution is 0.203. The summed E-state index contributed by atoms with van der Waals surface area (Å²) in [6, 6.07) is 5.96. The molecule has 0 aliphatic carbocycles. The Bertz CT molecular complexity index is 371. The van der Waals surface area contributed by atoms with E-state index in [2.05, 4.69) is 29.8 Å². The van der Waals surface area contributed by atoms with Gasteiger partial charge in [0.05, 0.1) is 18.2 Å². The van der Waals surface area contributed by atoms with E-state index in [1.165, 1.54) is 0 Å². The van der Waals surface area contributed by atoms with E-state index in [0.29, 0.717) is 18.2 Å². The molecule has 0 atom stereocenters. The highest BCUT2D eigenvalue weighted by Crippen LogP contribution is 2.14. The molecule has 0 aliphatic heterocycles. The third-order valence-corrected chi connectivity index (χ3v) is 2.33. The van der Waals surface area contributed by atoms with Gasteiger partial charge in [0, 0.05) is 25.9 Å². The number of hydrogen-bond donors (Lipinski definition) is 0. The Morgan fingerprint density at radius 1 is 1.56 bits per heavy atom. The summed E-state index contributed by atoms with van der Waals surface area (Å²) in [5.41, 5.74) is 0.632. The van der Waals surface area contributed by atoms with Crippen molar-refractivity contribution in [2.75, 3.05) is 25.2 Å². The van der Waals surface area contributed by atoms with Crippen LogP contribution in [0.15, 0.2) is 18.3 Å². The summed E-state index contributed by atoms with van der Waals surface area (Å²) in [5, 5.41) is 8.84. The van der Waals surface area contributed by atoms with E-state index >= 15 is 0 Å². The lowest BCUT2D eigenvalue weighted by Crippen LogP contribution is -2.34. The molecule has 1 heterocycles. The summed E-state index contributed by atoms with van der Waals surface area (Å²) in [5.74, 6) is 0.825. The van der Waals surface area contributed by atoms with Crippen molar-refractivity contribution in [2.45, 2.75) is 19.9 Å². The van der Waals surface area contributed by atoms with E-state index in [0.717, 1.165) is 12.4 Å². The van der Waals surface area contributed by atoms with Crippen LogP contribution in [0.1, 0.15) is 19.4 Å². The van der Waals surface area contributed by atoms with Crippen molar-refractivity contribution in [3.05, 3.63) is 23.9 Å². The van der Waals surface area contributed by atoms with E-state index in [-0.39, 0.29) is 0 Å². The van der Waals surface area contributed by atoms with Gasteiger partial charge in [0.25, 0.3) is 0 Å². The molecule has 0 aliphatic rings. The van der Waals surface area contributed by atoms with Gasteiger partial charge in [-0.05, 0) is 26.0 Å². The Labute approximate surface area is 96.5 Å². The summed E-state index contributed by atoms with van der Waals surface area (Å²) in [6.45, 7) is 5.61. The molecule has 1 rings (SSSR count). The fourth-order valence-electron chi connectivity index (χ4n) is 1.47. The molecule has 0 N–H and O–H groups in total. The van der Waals surface area contributed by atoms with Crippen LogP contribution in [0.2, 0.25) is 0 Å². The second-order valence-electron chi connectivity index (χ2n) is 3.79. The number of ether oxygens (including phenoxy) is 1. The van der Waals surface area contributed by atoms with Gasteiger partial charge in [-0.15, -0.1) is 0 Å². The molecule has 0 amide bonds. The molecular weight excluding hydrogens is 202 g/mol. The number of methoxy groups -OCH3 is 1. The van der Waals surface area contributed by atoms with E-state index in [4.69, 9.17) is 10.00 Å². The summed E-state index contributed by atoms with van der Waals surface area (Å²) in [7, 11) is 1.68. The molecule has 0 bridgehead atoms. The normalized spacial score (nSPS) is 10.2. The number of rotatable bonds is 5. The maximum absolute atomic E-state index is 8.84. The van der Waals surface area contributed by atoms with Crippen LogP contribution in [-0.4, -0.2) is 31.3 Å². The summed E-state index contributed by atoms with van der Waals surface area (Å²) < 4.78 is 5.07. The quantitative estimate of drug-likeness (QED) is 0.758. The second-order valence-corrected chi connectivity index (χ2v) is 3.79. The molecule has 0 radical (unpaired) electrons. The molecule has 4 heteroatoms.